The minimum absolute atomic E-state index is 0.537. The van der Waals surface area contributed by atoms with Gasteiger partial charge in [-0.3, -0.25) is 0 Å². The number of aliphatic imine (C=N–C) groups is 1. The molecule has 3 nitrogen and oxygen atoms in total. The van der Waals surface area contributed by atoms with Crippen LogP contribution in [0.1, 0.15) is 45.4 Å². The molecule has 0 unspecified atom stereocenters. The Kier molecular flexibility index (Phi) is 3.17. The van der Waals surface area contributed by atoms with E-state index >= 15 is 0 Å². The monoisotopic (exact) mass is 209 g/mol. The van der Waals surface area contributed by atoms with Gasteiger partial charge in [0, 0.05) is 13.1 Å². The van der Waals surface area contributed by atoms with Crippen molar-refractivity contribution in [2.75, 3.05) is 7.05 Å². The Morgan fingerprint density at radius 3 is 2.27 bits per heavy atom. The maximum atomic E-state index is 6.00. The molecule has 0 bridgehead atoms. The largest absolute Gasteiger partial charge is 0.370 e. The van der Waals surface area contributed by atoms with Crippen LogP contribution in [0.2, 0.25) is 0 Å². The topological polar surface area (TPSA) is 41.6 Å². The van der Waals surface area contributed by atoms with E-state index in [1.54, 1.807) is 0 Å². The van der Waals surface area contributed by atoms with E-state index in [0.29, 0.717) is 12.1 Å². The van der Waals surface area contributed by atoms with Crippen molar-refractivity contribution in [2.45, 2.75) is 57.5 Å². The molecule has 2 aliphatic carbocycles. The van der Waals surface area contributed by atoms with Crippen LogP contribution >= 0.6 is 0 Å². The van der Waals surface area contributed by atoms with Crippen LogP contribution in [0.5, 0.6) is 0 Å². The van der Waals surface area contributed by atoms with Gasteiger partial charge in [-0.05, 0) is 44.4 Å². The Morgan fingerprint density at radius 1 is 1.13 bits per heavy atom. The first-order chi connectivity index (χ1) is 7.16. The molecule has 0 heterocycles. The van der Waals surface area contributed by atoms with Gasteiger partial charge in [-0.15, -0.1) is 0 Å². The molecule has 2 fully saturated rings. The summed E-state index contributed by atoms with van der Waals surface area (Å²) in [6.45, 7) is 2.35. The summed E-state index contributed by atoms with van der Waals surface area (Å²) in [4.78, 5) is 6.70. The van der Waals surface area contributed by atoms with E-state index in [1.165, 1.54) is 38.5 Å². The molecular weight excluding hydrogens is 186 g/mol. The third kappa shape index (κ3) is 2.86. The summed E-state index contributed by atoms with van der Waals surface area (Å²) < 4.78 is 0. The zero-order valence-electron chi connectivity index (χ0n) is 9.95. The second kappa shape index (κ2) is 4.42. The lowest BCUT2D eigenvalue weighted by atomic mass is 9.87. The van der Waals surface area contributed by atoms with Crippen LogP contribution in [0.4, 0.5) is 0 Å². The lowest BCUT2D eigenvalue weighted by Gasteiger charge is -2.34. The van der Waals surface area contributed by atoms with Crippen LogP contribution in [0.15, 0.2) is 4.99 Å². The Bertz CT molecular complexity index is 237. The van der Waals surface area contributed by atoms with Crippen molar-refractivity contribution in [2.24, 2.45) is 16.6 Å². The molecule has 0 saturated heterocycles. The molecule has 0 amide bonds. The molecule has 2 N–H and O–H groups in total. The SMILES string of the molecule is CC1CCC(N(C)C(N)=NC2CC2)CC1. The Balaban J connectivity index is 1.86. The first-order valence-electron chi connectivity index (χ1n) is 6.23. The molecule has 2 rings (SSSR count). The van der Waals surface area contributed by atoms with Crippen LogP contribution in [0.3, 0.4) is 0 Å². The van der Waals surface area contributed by atoms with E-state index in [-0.39, 0.29) is 0 Å². The van der Waals surface area contributed by atoms with Gasteiger partial charge in [0.2, 0.25) is 0 Å². The molecule has 0 atom stereocenters. The van der Waals surface area contributed by atoms with Crippen LogP contribution < -0.4 is 5.73 Å². The number of hydrogen-bond donors (Lipinski definition) is 1. The highest BCUT2D eigenvalue weighted by atomic mass is 15.3. The minimum Gasteiger partial charge on any atom is -0.370 e. The second-order valence-electron chi connectivity index (χ2n) is 5.24. The predicted octanol–water partition coefficient (Wildman–Crippen LogP) is 1.97. The summed E-state index contributed by atoms with van der Waals surface area (Å²) in [7, 11) is 2.10. The van der Waals surface area contributed by atoms with Gasteiger partial charge in [-0.25, -0.2) is 4.99 Å². The van der Waals surface area contributed by atoms with Gasteiger partial charge in [-0.1, -0.05) is 6.92 Å². The average molecular weight is 209 g/mol. The number of hydrogen-bond acceptors (Lipinski definition) is 1. The fourth-order valence-electron chi connectivity index (χ4n) is 2.30. The van der Waals surface area contributed by atoms with Gasteiger partial charge < -0.3 is 10.6 Å². The normalized spacial score (nSPS) is 32.8. The molecule has 0 aromatic heterocycles. The van der Waals surface area contributed by atoms with Crippen molar-refractivity contribution in [1.82, 2.24) is 4.90 Å². The van der Waals surface area contributed by atoms with Gasteiger partial charge in [0.25, 0.3) is 0 Å². The van der Waals surface area contributed by atoms with Crippen LogP contribution in [-0.4, -0.2) is 30.0 Å². The lowest BCUT2D eigenvalue weighted by Crippen LogP contribution is -2.43. The first kappa shape index (κ1) is 10.8. The molecule has 0 aromatic rings. The van der Waals surface area contributed by atoms with Crippen LogP contribution in [0.25, 0.3) is 0 Å². The molecule has 2 aliphatic rings. The number of rotatable bonds is 2. The molecule has 0 spiro atoms. The molecule has 86 valence electrons. The Hall–Kier alpha value is -0.730. The summed E-state index contributed by atoms with van der Waals surface area (Å²) in [5, 5.41) is 0. The van der Waals surface area contributed by atoms with Crippen molar-refractivity contribution < 1.29 is 0 Å². The molecule has 15 heavy (non-hydrogen) atoms. The molecule has 3 heteroatoms. The van der Waals surface area contributed by atoms with E-state index in [9.17, 15) is 0 Å². The zero-order chi connectivity index (χ0) is 10.8. The van der Waals surface area contributed by atoms with Gasteiger partial charge in [0.05, 0.1) is 6.04 Å². The molecule has 0 radical (unpaired) electrons. The van der Waals surface area contributed by atoms with E-state index < -0.39 is 0 Å². The van der Waals surface area contributed by atoms with Crippen molar-refractivity contribution >= 4 is 5.96 Å². The third-order valence-corrected chi connectivity index (χ3v) is 3.76. The highest BCUT2D eigenvalue weighted by Gasteiger charge is 2.25. The van der Waals surface area contributed by atoms with Gasteiger partial charge in [-0.2, -0.15) is 0 Å². The molecule has 0 aliphatic heterocycles. The minimum atomic E-state index is 0.537. The molecule has 0 aromatic carbocycles. The number of nitrogens with zero attached hydrogens (tertiary/aromatic N) is 2. The highest BCUT2D eigenvalue weighted by Crippen LogP contribution is 2.27. The van der Waals surface area contributed by atoms with Gasteiger partial charge in [0.1, 0.15) is 0 Å². The standard InChI is InChI=1S/C12H23N3/c1-9-3-7-11(8-4-9)15(2)12(13)14-10-5-6-10/h9-11H,3-8H2,1-2H3,(H2,13,14). The summed E-state index contributed by atoms with van der Waals surface area (Å²) in [5.41, 5.74) is 6.00. The Morgan fingerprint density at radius 2 is 1.73 bits per heavy atom. The Labute approximate surface area is 92.7 Å². The fourth-order valence-corrected chi connectivity index (χ4v) is 2.30. The predicted molar refractivity (Wildman–Crippen MR) is 63.8 cm³/mol. The number of nitrogens with two attached hydrogens (primary N) is 1. The van der Waals surface area contributed by atoms with Crippen molar-refractivity contribution in [3.05, 3.63) is 0 Å². The summed E-state index contributed by atoms with van der Waals surface area (Å²) in [6.07, 6.45) is 7.70. The third-order valence-electron chi connectivity index (χ3n) is 3.76. The van der Waals surface area contributed by atoms with E-state index in [0.717, 1.165) is 11.9 Å². The van der Waals surface area contributed by atoms with Gasteiger partial charge in [0.15, 0.2) is 5.96 Å². The highest BCUT2D eigenvalue weighted by molar-refractivity contribution is 5.78. The van der Waals surface area contributed by atoms with Crippen molar-refractivity contribution in [3.63, 3.8) is 0 Å². The fraction of sp³-hybridized carbons (Fsp3) is 0.917. The maximum Gasteiger partial charge on any atom is 0.191 e. The molecular formula is C12H23N3. The van der Waals surface area contributed by atoms with Crippen molar-refractivity contribution in [3.8, 4) is 0 Å². The van der Waals surface area contributed by atoms with Crippen LogP contribution in [0, 0.1) is 5.92 Å². The first-order valence-corrected chi connectivity index (χ1v) is 6.23. The number of guanidine groups is 1. The van der Waals surface area contributed by atoms with Crippen molar-refractivity contribution in [1.29, 1.82) is 0 Å². The van der Waals surface area contributed by atoms with Gasteiger partial charge >= 0.3 is 0 Å². The average Bonchev–Trinajstić information content (AvgIpc) is 3.02. The van der Waals surface area contributed by atoms with E-state index in [2.05, 4.69) is 23.9 Å². The smallest absolute Gasteiger partial charge is 0.191 e. The molecule has 2 saturated carbocycles. The zero-order valence-corrected chi connectivity index (χ0v) is 9.95. The second-order valence-corrected chi connectivity index (χ2v) is 5.24. The van der Waals surface area contributed by atoms with E-state index in [4.69, 9.17) is 5.73 Å². The summed E-state index contributed by atoms with van der Waals surface area (Å²) in [6, 6.07) is 1.17. The lowest BCUT2D eigenvalue weighted by molar-refractivity contribution is 0.237. The quantitative estimate of drug-likeness (QED) is 0.558. The summed E-state index contributed by atoms with van der Waals surface area (Å²) >= 11 is 0. The summed E-state index contributed by atoms with van der Waals surface area (Å²) in [5.74, 6) is 1.66. The van der Waals surface area contributed by atoms with Crippen LogP contribution in [-0.2, 0) is 0 Å². The van der Waals surface area contributed by atoms with E-state index in [1.807, 2.05) is 0 Å². The maximum absolute atomic E-state index is 6.00.